The Balaban J connectivity index is 1.77. The Morgan fingerprint density at radius 3 is 2.67 bits per heavy atom. The number of nitrogens with zero attached hydrogens (tertiary/aromatic N) is 1. The minimum atomic E-state index is -1.37. The first-order chi connectivity index (χ1) is 22.1. The lowest BCUT2D eigenvalue weighted by atomic mass is 9.87. The standard InChI is InChI=1S/C33H37IN2O10/c1-19(2)44-12-6-10-36(32(41)23-15-21-7-4-5-8-26(21)46-33(23)42)25-16-22(31(40)35-9-11-37)17-27(29(25)39)45-30-24(34)13-20(18-38)14-28(30)43-3/h4-5,7-8,13-15,17-19,25,27,29,37,39H,6,9-12,16H2,1-3H3,(H,35,40). The molecule has 1 aliphatic rings. The lowest BCUT2D eigenvalue weighted by Gasteiger charge is -2.40. The first-order valence-electron chi connectivity index (χ1n) is 14.8. The predicted molar refractivity (Wildman–Crippen MR) is 177 cm³/mol. The van der Waals surface area contributed by atoms with Crippen molar-refractivity contribution in [2.75, 3.05) is 33.4 Å². The molecule has 0 saturated carbocycles. The quantitative estimate of drug-likeness (QED) is 0.0967. The Hall–Kier alpha value is -3.79. The molecule has 4 rings (SSSR count). The van der Waals surface area contributed by atoms with Crippen LogP contribution in [0.1, 0.15) is 47.4 Å². The van der Waals surface area contributed by atoms with E-state index in [1.165, 1.54) is 30.2 Å². The monoisotopic (exact) mass is 748 g/mol. The molecule has 3 aromatic rings. The van der Waals surface area contributed by atoms with Gasteiger partial charge in [0.15, 0.2) is 11.5 Å². The van der Waals surface area contributed by atoms with E-state index in [9.17, 15) is 29.4 Å². The van der Waals surface area contributed by atoms with Gasteiger partial charge in [-0.2, -0.15) is 0 Å². The van der Waals surface area contributed by atoms with E-state index in [0.717, 1.165) is 0 Å². The second-order valence-electron chi connectivity index (χ2n) is 10.9. The highest BCUT2D eigenvalue weighted by atomic mass is 127. The second-order valence-corrected chi connectivity index (χ2v) is 12.1. The zero-order chi connectivity index (χ0) is 33.4. The van der Waals surface area contributed by atoms with Gasteiger partial charge in [0.05, 0.1) is 29.4 Å². The molecule has 0 aliphatic heterocycles. The van der Waals surface area contributed by atoms with Gasteiger partial charge in [0.2, 0.25) is 5.91 Å². The van der Waals surface area contributed by atoms with E-state index in [1.807, 2.05) is 36.4 Å². The fourth-order valence-corrected chi connectivity index (χ4v) is 5.93. The summed E-state index contributed by atoms with van der Waals surface area (Å²) < 4.78 is 23.4. The molecule has 3 atom stereocenters. The maximum absolute atomic E-state index is 14.2. The average molecular weight is 749 g/mol. The number of aliphatic hydroxyl groups is 2. The molecular weight excluding hydrogens is 711 g/mol. The molecule has 1 aromatic heterocycles. The van der Waals surface area contributed by atoms with Gasteiger partial charge in [0, 0.05) is 42.6 Å². The summed E-state index contributed by atoms with van der Waals surface area (Å²) in [6, 6.07) is 10.3. The van der Waals surface area contributed by atoms with Crippen LogP contribution < -0.4 is 20.4 Å². The first-order valence-corrected chi connectivity index (χ1v) is 15.9. The number of aliphatic hydroxyl groups excluding tert-OH is 2. The van der Waals surface area contributed by atoms with Crippen LogP contribution >= 0.6 is 22.6 Å². The third kappa shape index (κ3) is 8.32. The average Bonchev–Trinajstić information content (AvgIpc) is 3.04. The van der Waals surface area contributed by atoms with Crippen LogP contribution in [0.15, 0.2) is 63.3 Å². The smallest absolute Gasteiger partial charge is 0.349 e. The molecule has 246 valence electrons. The van der Waals surface area contributed by atoms with Crippen LogP contribution in [0.3, 0.4) is 0 Å². The number of rotatable bonds is 14. The maximum atomic E-state index is 14.2. The summed E-state index contributed by atoms with van der Waals surface area (Å²) in [4.78, 5) is 53.2. The lowest BCUT2D eigenvalue weighted by Crippen LogP contribution is -2.56. The molecule has 0 radical (unpaired) electrons. The van der Waals surface area contributed by atoms with Crippen molar-refractivity contribution in [2.45, 2.75) is 51.0 Å². The molecule has 0 fully saturated rings. The van der Waals surface area contributed by atoms with E-state index < -0.39 is 35.7 Å². The number of halogens is 1. The number of nitrogens with one attached hydrogen (secondary N) is 1. The predicted octanol–water partition coefficient (Wildman–Crippen LogP) is 3.09. The third-order valence-electron chi connectivity index (χ3n) is 7.38. The van der Waals surface area contributed by atoms with Gasteiger partial charge < -0.3 is 39.1 Å². The Labute approximate surface area is 279 Å². The van der Waals surface area contributed by atoms with Crippen LogP contribution in [-0.4, -0.2) is 91.0 Å². The molecular formula is C33H37IN2O10. The van der Waals surface area contributed by atoms with Gasteiger partial charge in [-0.15, -0.1) is 0 Å². The van der Waals surface area contributed by atoms with E-state index >= 15 is 0 Å². The lowest BCUT2D eigenvalue weighted by molar-refractivity contribution is -0.118. The highest BCUT2D eigenvalue weighted by Crippen LogP contribution is 2.37. The number of hydrogen-bond acceptors (Lipinski definition) is 10. The number of hydrogen-bond donors (Lipinski definition) is 3. The molecule has 2 aromatic carbocycles. The van der Waals surface area contributed by atoms with E-state index in [4.69, 9.17) is 18.6 Å². The molecule has 46 heavy (non-hydrogen) atoms. The molecule has 13 heteroatoms. The molecule has 12 nitrogen and oxygen atoms in total. The van der Waals surface area contributed by atoms with Crippen LogP contribution in [0.4, 0.5) is 0 Å². The molecule has 0 spiro atoms. The van der Waals surface area contributed by atoms with Crippen LogP contribution in [0, 0.1) is 3.57 Å². The molecule has 3 N–H and O–H groups in total. The summed E-state index contributed by atoms with van der Waals surface area (Å²) in [6.45, 7) is 3.84. The number of amides is 2. The Morgan fingerprint density at radius 2 is 1.98 bits per heavy atom. The third-order valence-corrected chi connectivity index (χ3v) is 8.18. The van der Waals surface area contributed by atoms with Crippen LogP contribution in [0.2, 0.25) is 0 Å². The van der Waals surface area contributed by atoms with Crippen molar-refractivity contribution < 1.29 is 43.2 Å². The van der Waals surface area contributed by atoms with Gasteiger partial charge in [0.1, 0.15) is 29.6 Å². The number of ether oxygens (including phenoxy) is 3. The SMILES string of the molecule is COc1cc(C=O)cc(I)c1OC1C=C(C(=O)NCCO)CC(N(CCCOC(C)C)C(=O)c2cc3ccccc3oc2=O)C1O. The number of carbonyl (C=O) groups is 3. The van der Waals surface area contributed by atoms with Gasteiger partial charge in [-0.1, -0.05) is 18.2 Å². The number of carbonyl (C=O) groups excluding carboxylic acids is 3. The highest BCUT2D eigenvalue weighted by molar-refractivity contribution is 14.1. The minimum Gasteiger partial charge on any atom is -0.493 e. The number of benzene rings is 2. The number of aldehydes is 1. The zero-order valence-corrected chi connectivity index (χ0v) is 27.9. The summed E-state index contributed by atoms with van der Waals surface area (Å²) >= 11 is 1.98. The van der Waals surface area contributed by atoms with E-state index in [2.05, 4.69) is 5.32 Å². The van der Waals surface area contributed by atoms with Crippen LogP contribution in [0.5, 0.6) is 11.5 Å². The Bertz CT molecular complexity index is 1650. The normalized spacial score (nSPS) is 17.8. The van der Waals surface area contributed by atoms with Gasteiger partial charge in [-0.25, -0.2) is 4.79 Å². The molecule has 0 saturated heterocycles. The van der Waals surface area contributed by atoms with Crippen molar-refractivity contribution in [3.05, 3.63) is 79.2 Å². The van der Waals surface area contributed by atoms with Gasteiger partial charge >= 0.3 is 5.63 Å². The number of para-hydroxylation sites is 1. The van der Waals surface area contributed by atoms with E-state index in [1.54, 1.807) is 30.3 Å². The van der Waals surface area contributed by atoms with Crippen molar-refractivity contribution >= 4 is 51.7 Å². The number of methoxy groups -OCH3 is 1. The van der Waals surface area contributed by atoms with Gasteiger partial charge in [-0.05, 0) is 73.2 Å². The van der Waals surface area contributed by atoms with Gasteiger partial charge in [0.25, 0.3) is 5.91 Å². The largest absolute Gasteiger partial charge is 0.493 e. The molecule has 2 amide bonds. The summed E-state index contributed by atoms with van der Waals surface area (Å²) in [5, 5.41) is 24.3. The second kappa shape index (κ2) is 16.2. The zero-order valence-electron chi connectivity index (χ0n) is 25.7. The fourth-order valence-electron chi connectivity index (χ4n) is 5.18. The first kappa shape index (κ1) is 35.1. The summed E-state index contributed by atoms with van der Waals surface area (Å²) in [6.07, 6.45) is -0.164. The summed E-state index contributed by atoms with van der Waals surface area (Å²) in [5.74, 6) is -0.747. The summed E-state index contributed by atoms with van der Waals surface area (Å²) in [5.41, 5.74) is -0.188. The van der Waals surface area contributed by atoms with Crippen molar-refractivity contribution in [2.24, 2.45) is 0 Å². The van der Waals surface area contributed by atoms with Crippen molar-refractivity contribution in [1.82, 2.24) is 10.2 Å². The van der Waals surface area contributed by atoms with E-state index in [-0.39, 0.29) is 54.9 Å². The Morgan fingerprint density at radius 1 is 1.22 bits per heavy atom. The van der Waals surface area contributed by atoms with Crippen molar-refractivity contribution in [3.8, 4) is 11.5 Å². The van der Waals surface area contributed by atoms with Gasteiger partial charge in [-0.3, -0.25) is 14.4 Å². The molecule has 0 bridgehead atoms. The van der Waals surface area contributed by atoms with Crippen LogP contribution in [-0.2, 0) is 9.53 Å². The number of fused-ring (bicyclic) bond motifs is 1. The topological polar surface area (TPSA) is 165 Å². The maximum Gasteiger partial charge on any atom is 0.349 e. The van der Waals surface area contributed by atoms with Crippen molar-refractivity contribution in [1.29, 1.82) is 0 Å². The Kier molecular flexibility index (Phi) is 12.3. The van der Waals surface area contributed by atoms with Crippen molar-refractivity contribution in [3.63, 3.8) is 0 Å². The van der Waals surface area contributed by atoms with Crippen LogP contribution in [0.25, 0.3) is 11.0 Å². The summed E-state index contributed by atoms with van der Waals surface area (Å²) in [7, 11) is 1.41. The van der Waals surface area contributed by atoms with E-state index in [0.29, 0.717) is 39.4 Å². The molecule has 1 aliphatic carbocycles. The minimum absolute atomic E-state index is 0.0128. The fraction of sp³-hybridized carbons (Fsp3) is 0.394. The molecule has 1 heterocycles. The molecule has 3 unspecified atom stereocenters. The highest BCUT2D eigenvalue weighted by Gasteiger charge is 2.41.